The summed E-state index contributed by atoms with van der Waals surface area (Å²) in [4.78, 5) is 0. The van der Waals surface area contributed by atoms with E-state index in [1.54, 1.807) is 12.1 Å². The zero-order valence-electron chi connectivity index (χ0n) is 9.05. The van der Waals surface area contributed by atoms with E-state index >= 15 is 0 Å². The molecule has 1 aromatic rings. The number of hydrogen-bond acceptors (Lipinski definition) is 2. The second kappa shape index (κ2) is 5.02. The van der Waals surface area contributed by atoms with Gasteiger partial charge in [0.25, 0.3) is 0 Å². The van der Waals surface area contributed by atoms with Gasteiger partial charge in [0, 0.05) is 11.7 Å². The number of anilines is 1. The first-order chi connectivity index (χ1) is 7.70. The van der Waals surface area contributed by atoms with Crippen molar-refractivity contribution in [1.82, 2.24) is 0 Å². The quantitative estimate of drug-likeness (QED) is 0.855. The van der Waals surface area contributed by atoms with Crippen LogP contribution in [0.5, 0.6) is 0 Å². The van der Waals surface area contributed by atoms with Crippen LogP contribution in [0.25, 0.3) is 0 Å². The SMILES string of the molecule is NCC1CCCC1Nc1ccc(F)c(Cl)c1. The molecule has 2 unspecified atom stereocenters. The van der Waals surface area contributed by atoms with Gasteiger partial charge >= 0.3 is 0 Å². The van der Waals surface area contributed by atoms with Gasteiger partial charge in [0.05, 0.1) is 5.02 Å². The zero-order valence-corrected chi connectivity index (χ0v) is 9.80. The highest BCUT2D eigenvalue weighted by molar-refractivity contribution is 6.31. The smallest absolute Gasteiger partial charge is 0.141 e. The molecule has 2 atom stereocenters. The van der Waals surface area contributed by atoms with Gasteiger partial charge in [0.15, 0.2) is 0 Å². The fourth-order valence-corrected chi connectivity index (χ4v) is 2.49. The van der Waals surface area contributed by atoms with Crippen LogP contribution in [0.15, 0.2) is 18.2 Å². The molecule has 2 nitrogen and oxygen atoms in total. The minimum absolute atomic E-state index is 0.160. The van der Waals surface area contributed by atoms with E-state index in [2.05, 4.69) is 5.32 Å². The summed E-state index contributed by atoms with van der Waals surface area (Å²) in [6.45, 7) is 0.701. The van der Waals surface area contributed by atoms with Gasteiger partial charge in [-0.15, -0.1) is 0 Å². The summed E-state index contributed by atoms with van der Waals surface area (Å²) >= 11 is 5.73. The number of rotatable bonds is 3. The molecule has 0 saturated heterocycles. The molecule has 1 aromatic carbocycles. The summed E-state index contributed by atoms with van der Waals surface area (Å²) in [6.07, 6.45) is 3.49. The first-order valence-corrected chi connectivity index (χ1v) is 6.00. The van der Waals surface area contributed by atoms with Crippen LogP contribution in [0.3, 0.4) is 0 Å². The van der Waals surface area contributed by atoms with Crippen LogP contribution in [0, 0.1) is 11.7 Å². The third kappa shape index (κ3) is 2.47. The van der Waals surface area contributed by atoms with E-state index < -0.39 is 0 Å². The first kappa shape index (κ1) is 11.7. The lowest BCUT2D eigenvalue weighted by molar-refractivity contribution is 0.516. The molecule has 16 heavy (non-hydrogen) atoms. The van der Waals surface area contributed by atoms with E-state index in [4.69, 9.17) is 17.3 Å². The van der Waals surface area contributed by atoms with Crippen molar-refractivity contribution in [3.05, 3.63) is 29.0 Å². The molecule has 1 fully saturated rings. The predicted octanol–water partition coefficient (Wildman–Crippen LogP) is 3.02. The van der Waals surface area contributed by atoms with Crippen LogP contribution in [0.2, 0.25) is 5.02 Å². The summed E-state index contributed by atoms with van der Waals surface area (Å²) in [7, 11) is 0. The van der Waals surface area contributed by atoms with E-state index in [1.165, 1.54) is 18.9 Å². The molecule has 0 amide bonds. The Kier molecular flexibility index (Phi) is 3.66. The van der Waals surface area contributed by atoms with E-state index in [0.717, 1.165) is 12.1 Å². The number of halogens is 2. The standard InChI is InChI=1S/C12H16ClFN2/c13-10-6-9(4-5-11(10)14)16-12-3-1-2-8(12)7-15/h4-6,8,12,16H,1-3,7,15H2. The average molecular weight is 243 g/mol. The molecule has 1 aliphatic rings. The number of nitrogens with one attached hydrogen (secondary N) is 1. The van der Waals surface area contributed by atoms with Gasteiger partial charge in [-0.1, -0.05) is 18.0 Å². The molecule has 2 rings (SSSR count). The molecule has 3 N–H and O–H groups in total. The predicted molar refractivity (Wildman–Crippen MR) is 65.2 cm³/mol. The molecule has 0 bridgehead atoms. The molecule has 0 aromatic heterocycles. The molecule has 0 radical (unpaired) electrons. The maximum absolute atomic E-state index is 13.0. The first-order valence-electron chi connectivity index (χ1n) is 5.62. The Morgan fingerprint density at radius 1 is 1.44 bits per heavy atom. The van der Waals surface area contributed by atoms with Gasteiger partial charge in [0.1, 0.15) is 5.82 Å². The van der Waals surface area contributed by atoms with Crippen molar-refractivity contribution in [1.29, 1.82) is 0 Å². The third-order valence-electron chi connectivity index (χ3n) is 3.23. The zero-order chi connectivity index (χ0) is 11.5. The van der Waals surface area contributed by atoms with Crippen LogP contribution < -0.4 is 11.1 Å². The Balaban J connectivity index is 2.05. The Morgan fingerprint density at radius 2 is 2.25 bits per heavy atom. The summed E-state index contributed by atoms with van der Waals surface area (Å²) < 4.78 is 13.0. The van der Waals surface area contributed by atoms with Crippen molar-refractivity contribution in [3.63, 3.8) is 0 Å². The molecule has 0 heterocycles. The highest BCUT2D eigenvalue weighted by Gasteiger charge is 2.25. The van der Waals surface area contributed by atoms with E-state index in [0.29, 0.717) is 18.5 Å². The molecule has 4 heteroatoms. The van der Waals surface area contributed by atoms with Crippen LogP contribution in [-0.4, -0.2) is 12.6 Å². The molecular formula is C12H16ClFN2. The van der Waals surface area contributed by atoms with Crippen LogP contribution in [0.4, 0.5) is 10.1 Å². The lowest BCUT2D eigenvalue weighted by Gasteiger charge is -2.20. The van der Waals surface area contributed by atoms with Crippen LogP contribution in [0.1, 0.15) is 19.3 Å². The van der Waals surface area contributed by atoms with Crippen molar-refractivity contribution in [2.45, 2.75) is 25.3 Å². The Bertz CT molecular complexity index is 370. The highest BCUT2D eigenvalue weighted by atomic mass is 35.5. The highest BCUT2D eigenvalue weighted by Crippen LogP contribution is 2.29. The Morgan fingerprint density at radius 3 is 2.94 bits per heavy atom. The monoisotopic (exact) mass is 242 g/mol. The molecular weight excluding hydrogens is 227 g/mol. The van der Waals surface area contributed by atoms with Gasteiger partial charge in [-0.25, -0.2) is 4.39 Å². The summed E-state index contributed by atoms with van der Waals surface area (Å²) in [5.74, 6) is 0.137. The van der Waals surface area contributed by atoms with Gasteiger partial charge < -0.3 is 11.1 Å². The number of nitrogens with two attached hydrogens (primary N) is 1. The molecule has 1 saturated carbocycles. The van der Waals surface area contributed by atoms with Crippen molar-refractivity contribution < 1.29 is 4.39 Å². The van der Waals surface area contributed by atoms with E-state index in [9.17, 15) is 4.39 Å². The maximum Gasteiger partial charge on any atom is 0.141 e. The van der Waals surface area contributed by atoms with Crippen LogP contribution >= 0.6 is 11.6 Å². The summed E-state index contributed by atoms with van der Waals surface area (Å²) in [6, 6.07) is 5.12. The van der Waals surface area contributed by atoms with Gasteiger partial charge in [-0.2, -0.15) is 0 Å². The van der Waals surface area contributed by atoms with Crippen molar-refractivity contribution >= 4 is 17.3 Å². The maximum atomic E-state index is 13.0. The third-order valence-corrected chi connectivity index (χ3v) is 3.52. The topological polar surface area (TPSA) is 38.0 Å². The van der Waals surface area contributed by atoms with Gasteiger partial charge in [0.2, 0.25) is 0 Å². The minimum atomic E-state index is -0.381. The second-order valence-corrected chi connectivity index (χ2v) is 4.71. The van der Waals surface area contributed by atoms with Gasteiger partial charge in [-0.05, 0) is 43.5 Å². The Hall–Kier alpha value is -0.800. The fourth-order valence-electron chi connectivity index (χ4n) is 2.31. The second-order valence-electron chi connectivity index (χ2n) is 4.31. The van der Waals surface area contributed by atoms with Crippen molar-refractivity contribution in [2.24, 2.45) is 11.7 Å². The number of benzene rings is 1. The largest absolute Gasteiger partial charge is 0.382 e. The summed E-state index contributed by atoms with van der Waals surface area (Å²) in [5.41, 5.74) is 6.58. The van der Waals surface area contributed by atoms with Gasteiger partial charge in [-0.3, -0.25) is 0 Å². The molecule has 88 valence electrons. The van der Waals surface area contributed by atoms with Crippen molar-refractivity contribution in [3.8, 4) is 0 Å². The number of hydrogen-bond donors (Lipinski definition) is 2. The lowest BCUT2D eigenvalue weighted by Crippen LogP contribution is -2.29. The summed E-state index contributed by atoms with van der Waals surface area (Å²) in [5, 5.41) is 3.54. The van der Waals surface area contributed by atoms with E-state index in [1.807, 2.05) is 0 Å². The molecule has 1 aliphatic carbocycles. The van der Waals surface area contributed by atoms with Crippen LogP contribution in [-0.2, 0) is 0 Å². The fraction of sp³-hybridized carbons (Fsp3) is 0.500. The normalized spacial score (nSPS) is 24.7. The minimum Gasteiger partial charge on any atom is -0.382 e. The van der Waals surface area contributed by atoms with Crippen molar-refractivity contribution in [2.75, 3.05) is 11.9 Å². The molecule has 0 spiro atoms. The average Bonchev–Trinajstić information content (AvgIpc) is 2.71. The lowest BCUT2D eigenvalue weighted by atomic mass is 10.0. The Labute approximate surface area is 100.0 Å². The van der Waals surface area contributed by atoms with E-state index in [-0.39, 0.29) is 10.8 Å². The molecule has 0 aliphatic heterocycles.